The third-order valence-corrected chi connectivity index (χ3v) is 2.76. The zero-order chi connectivity index (χ0) is 11.4. The maximum absolute atomic E-state index is 9.26. The molecule has 0 unspecified atom stereocenters. The van der Waals surface area contributed by atoms with Crippen molar-refractivity contribution in [3.8, 4) is 6.07 Å². The van der Waals surface area contributed by atoms with Gasteiger partial charge in [-0.25, -0.2) is 4.98 Å². The first-order valence-corrected chi connectivity index (χ1v) is 5.55. The number of aromatic nitrogens is 1. The molecule has 1 heterocycles. The van der Waals surface area contributed by atoms with Crippen LogP contribution in [0.3, 0.4) is 0 Å². The fourth-order valence-electron chi connectivity index (χ4n) is 1.83. The van der Waals surface area contributed by atoms with Crippen molar-refractivity contribution in [3.05, 3.63) is 23.9 Å². The summed E-state index contributed by atoms with van der Waals surface area (Å²) in [5, 5.41) is 17.9. The van der Waals surface area contributed by atoms with Crippen molar-refractivity contribution < 1.29 is 5.11 Å². The third-order valence-electron chi connectivity index (χ3n) is 2.76. The SMILES string of the molecule is N#CCCN(c1ncccc1CO)C1CC1. The Morgan fingerprint density at radius 2 is 2.38 bits per heavy atom. The molecule has 0 aromatic carbocycles. The Labute approximate surface area is 95.1 Å². The molecule has 16 heavy (non-hydrogen) atoms. The molecule has 1 N–H and O–H groups in total. The van der Waals surface area contributed by atoms with E-state index in [0.717, 1.165) is 24.2 Å². The molecular formula is C12H15N3O. The number of pyridine rings is 1. The molecule has 0 radical (unpaired) electrons. The average Bonchev–Trinajstić information content (AvgIpc) is 3.14. The Morgan fingerprint density at radius 3 is 3.00 bits per heavy atom. The van der Waals surface area contributed by atoms with Crippen molar-refractivity contribution >= 4 is 5.82 Å². The number of nitriles is 1. The number of hydrogen-bond donors (Lipinski definition) is 1. The molecule has 1 fully saturated rings. The van der Waals surface area contributed by atoms with Gasteiger partial charge >= 0.3 is 0 Å². The monoisotopic (exact) mass is 217 g/mol. The largest absolute Gasteiger partial charge is 0.392 e. The number of aliphatic hydroxyl groups is 1. The number of nitrogens with zero attached hydrogens (tertiary/aromatic N) is 3. The molecule has 1 aromatic rings. The Bertz CT molecular complexity index is 395. The van der Waals surface area contributed by atoms with Crippen LogP contribution in [0.5, 0.6) is 0 Å². The van der Waals surface area contributed by atoms with Gasteiger partial charge in [0.2, 0.25) is 0 Å². The molecule has 0 spiro atoms. The first kappa shape index (κ1) is 10.9. The van der Waals surface area contributed by atoms with E-state index in [1.165, 1.54) is 0 Å². The van der Waals surface area contributed by atoms with Crippen molar-refractivity contribution in [1.82, 2.24) is 4.98 Å². The van der Waals surface area contributed by atoms with Crippen LogP contribution in [0, 0.1) is 11.3 Å². The fourth-order valence-corrected chi connectivity index (χ4v) is 1.83. The molecule has 1 aliphatic rings. The molecule has 0 atom stereocenters. The summed E-state index contributed by atoms with van der Waals surface area (Å²) >= 11 is 0. The second kappa shape index (κ2) is 4.95. The van der Waals surface area contributed by atoms with Crippen molar-refractivity contribution in [1.29, 1.82) is 5.26 Å². The lowest BCUT2D eigenvalue weighted by Gasteiger charge is -2.24. The highest BCUT2D eigenvalue weighted by atomic mass is 16.3. The van der Waals surface area contributed by atoms with Crippen LogP contribution in [0.2, 0.25) is 0 Å². The van der Waals surface area contributed by atoms with Crippen LogP contribution < -0.4 is 4.90 Å². The highest BCUT2D eigenvalue weighted by Crippen LogP contribution is 2.32. The normalized spacial score (nSPS) is 14.5. The first-order valence-electron chi connectivity index (χ1n) is 5.55. The summed E-state index contributed by atoms with van der Waals surface area (Å²) in [6.45, 7) is 0.699. The van der Waals surface area contributed by atoms with E-state index in [0.29, 0.717) is 19.0 Å². The summed E-state index contributed by atoms with van der Waals surface area (Å²) in [5.74, 6) is 0.836. The molecule has 4 heteroatoms. The fraction of sp³-hybridized carbons (Fsp3) is 0.500. The number of hydrogen-bond acceptors (Lipinski definition) is 4. The number of rotatable bonds is 5. The maximum Gasteiger partial charge on any atom is 0.134 e. The minimum atomic E-state index is -0.00104. The van der Waals surface area contributed by atoms with Crippen LogP contribution in [0.4, 0.5) is 5.82 Å². The predicted octanol–water partition coefficient (Wildman–Crippen LogP) is 1.46. The van der Waals surface area contributed by atoms with Crippen LogP contribution in [0.1, 0.15) is 24.8 Å². The molecule has 1 aliphatic carbocycles. The Morgan fingerprint density at radius 1 is 1.56 bits per heavy atom. The van der Waals surface area contributed by atoms with Crippen LogP contribution in [-0.2, 0) is 6.61 Å². The van der Waals surface area contributed by atoms with E-state index in [4.69, 9.17) is 5.26 Å². The van der Waals surface area contributed by atoms with Gasteiger partial charge in [0.05, 0.1) is 19.1 Å². The van der Waals surface area contributed by atoms with Crippen molar-refractivity contribution in [2.45, 2.75) is 31.9 Å². The van der Waals surface area contributed by atoms with Crippen molar-refractivity contribution in [3.63, 3.8) is 0 Å². The van der Waals surface area contributed by atoms with E-state index >= 15 is 0 Å². The highest BCUT2D eigenvalue weighted by molar-refractivity contribution is 5.48. The Hall–Kier alpha value is -1.60. The van der Waals surface area contributed by atoms with Gasteiger partial charge in [-0.3, -0.25) is 0 Å². The van der Waals surface area contributed by atoms with Crippen LogP contribution in [0.15, 0.2) is 18.3 Å². The van der Waals surface area contributed by atoms with Gasteiger partial charge in [-0.2, -0.15) is 5.26 Å². The molecule has 2 rings (SSSR count). The second-order valence-electron chi connectivity index (χ2n) is 3.98. The maximum atomic E-state index is 9.26. The van der Waals surface area contributed by atoms with Gasteiger partial charge in [-0.05, 0) is 18.9 Å². The number of aliphatic hydroxyl groups excluding tert-OH is 1. The summed E-state index contributed by atoms with van der Waals surface area (Å²) in [6.07, 6.45) is 4.55. The van der Waals surface area contributed by atoms with E-state index < -0.39 is 0 Å². The van der Waals surface area contributed by atoms with E-state index in [1.807, 2.05) is 12.1 Å². The van der Waals surface area contributed by atoms with Gasteiger partial charge in [-0.1, -0.05) is 6.07 Å². The molecule has 0 bridgehead atoms. The summed E-state index contributed by atoms with van der Waals surface area (Å²) < 4.78 is 0. The Balaban J connectivity index is 2.20. The predicted molar refractivity (Wildman–Crippen MR) is 60.8 cm³/mol. The van der Waals surface area contributed by atoms with Crippen molar-refractivity contribution in [2.24, 2.45) is 0 Å². The van der Waals surface area contributed by atoms with E-state index in [-0.39, 0.29) is 6.61 Å². The average molecular weight is 217 g/mol. The third kappa shape index (κ3) is 2.31. The summed E-state index contributed by atoms with van der Waals surface area (Å²) in [4.78, 5) is 6.47. The number of anilines is 1. The summed E-state index contributed by atoms with van der Waals surface area (Å²) in [7, 11) is 0. The highest BCUT2D eigenvalue weighted by Gasteiger charge is 2.30. The molecule has 0 aliphatic heterocycles. The van der Waals surface area contributed by atoms with Gasteiger partial charge in [0, 0.05) is 24.3 Å². The molecule has 0 amide bonds. The van der Waals surface area contributed by atoms with Crippen molar-refractivity contribution in [2.75, 3.05) is 11.4 Å². The van der Waals surface area contributed by atoms with Gasteiger partial charge in [-0.15, -0.1) is 0 Å². The molecule has 0 saturated heterocycles. The van der Waals surface area contributed by atoms with E-state index in [9.17, 15) is 5.11 Å². The molecule has 84 valence electrons. The van der Waals surface area contributed by atoms with Gasteiger partial charge in [0.25, 0.3) is 0 Å². The Kier molecular flexibility index (Phi) is 3.37. The molecule has 1 saturated carbocycles. The van der Waals surface area contributed by atoms with Crippen LogP contribution in [-0.4, -0.2) is 22.7 Å². The molecular weight excluding hydrogens is 202 g/mol. The minimum Gasteiger partial charge on any atom is -0.392 e. The first-order chi connectivity index (χ1) is 7.86. The minimum absolute atomic E-state index is 0.00104. The van der Waals surface area contributed by atoms with Gasteiger partial charge < -0.3 is 10.0 Å². The summed E-state index contributed by atoms with van der Waals surface area (Å²) in [5.41, 5.74) is 0.840. The lowest BCUT2D eigenvalue weighted by atomic mass is 10.2. The lowest BCUT2D eigenvalue weighted by molar-refractivity contribution is 0.281. The van der Waals surface area contributed by atoms with Gasteiger partial charge in [0.15, 0.2) is 0 Å². The summed E-state index contributed by atoms with van der Waals surface area (Å²) in [6, 6.07) is 6.37. The lowest BCUT2D eigenvalue weighted by Crippen LogP contribution is -2.28. The standard InChI is InChI=1S/C12H15N3O/c13-6-2-8-15(11-4-5-11)12-10(9-16)3-1-7-14-12/h1,3,7,11,16H,2,4-5,8-9H2. The van der Waals surface area contributed by atoms with Crippen LogP contribution in [0.25, 0.3) is 0 Å². The van der Waals surface area contributed by atoms with E-state index in [1.54, 1.807) is 6.20 Å². The van der Waals surface area contributed by atoms with Crippen LogP contribution >= 0.6 is 0 Å². The van der Waals surface area contributed by atoms with Gasteiger partial charge in [0.1, 0.15) is 5.82 Å². The van der Waals surface area contributed by atoms with E-state index in [2.05, 4.69) is 16.0 Å². The quantitative estimate of drug-likeness (QED) is 0.811. The molecule has 1 aromatic heterocycles. The smallest absolute Gasteiger partial charge is 0.134 e. The zero-order valence-electron chi connectivity index (χ0n) is 9.13. The molecule has 4 nitrogen and oxygen atoms in total. The second-order valence-corrected chi connectivity index (χ2v) is 3.98. The zero-order valence-corrected chi connectivity index (χ0v) is 9.13. The topological polar surface area (TPSA) is 60.2 Å².